The van der Waals surface area contributed by atoms with E-state index < -0.39 is 16.1 Å². The highest BCUT2D eigenvalue weighted by atomic mass is 32.2. The minimum atomic E-state index is -3.57. The molecule has 0 unspecified atom stereocenters. The van der Waals surface area contributed by atoms with Gasteiger partial charge in [0.1, 0.15) is 0 Å². The molecule has 0 spiro atoms. The fraction of sp³-hybridized carbons (Fsp3) is 0.364. The van der Waals surface area contributed by atoms with Gasteiger partial charge in [-0.1, -0.05) is 12.1 Å². The van der Waals surface area contributed by atoms with Gasteiger partial charge in [0, 0.05) is 18.7 Å². The number of carbonyl (C=O) groups excluding carboxylic acids is 1. The molecule has 1 N–H and O–H groups in total. The Hall–Kier alpha value is -1.24. The minimum absolute atomic E-state index is 0.0945. The zero-order valence-electron chi connectivity index (χ0n) is 9.33. The molecule has 0 radical (unpaired) electrons. The number of aliphatic hydroxyl groups excluding tert-OH is 1. The minimum Gasteiger partial charge on any atom is -0.390 e. The van der Waals surface area contributed by atoms with Crippen LogP contribution in [0.25, 0.3) is 0 Å². The maximum atomic E-state index is 12.0. The Morgan fingerprint density at radius 1 is 1.41 bits per heavy atom. The van der Waals surface area contributed by atoms with Crippen molar-refractivity contribution in [2.24, 2.45) is 0 Å². The number of hydrogen-bond donors (Lipinski definition) is 1. The van der Waals surface area contributed by atoms with Crippen LogP contribution in [-0.4, -0.2) is 42.8 Å². The second kappa shape index (κ2) is 4.21. The highest BCUT2D eigenvalue weighted by Crippen LogP contribution is 2.22. The van der Waals surface area contributed by atoms with Crippen molar-refractivity contribution in [3.8, 4) is 0 Å². The van der Waals surface area contributed by atoms with Crippen LogP contribution in [-0.2, 0) is 10.0 Å². The van der Waals surface area contributed by atoms with E-state index in [1.54, 1.807) is 12.1 Å². The van der Waals surface area contributed by atoms with Crippen molar-refractivity contribution >= 4 is 15.8 Å². The fourth-order valence-electron chi connectivity index (χ4n) is 1.64. The molecule has 1 aliphatic rings. The van der Waals surface area contributed by atoms with E-state index in [9.17, 15) is 13.2 Å². The number of ketones is 1. The van der Waals surface area contributed by atoms with E-state index in [4.69, 9.17) is 5.11 Å². The van der Waals surface area contributed by atoms with E-state index in [0.29, 0.717) is 5.56 Å². The van der Waals surface area contributed by atoms with Gasteiger partial charge in [-0.15, -0.1) is 0 Å². The molecule has 6 heteroatoms. The van der Waals surface area contributed by atoms with Gasteiger partial charge in [-0.2, -0.15) is 4.31 Å². The van der Waals surface area contributed by atoms with Crippen molar-refractivity contribution in [3.63, 3.8) is 0 Å². The van der Waals surface area contributed by atoms with E-state index in [0.717, 1.165) is 0 Å². The summed E-state index contributed by atoms with van der Waals surface area (Å²) < 4.78 is 25.3. The lowest BCUT2D eigenvalue weighted by Crippen LogP contribution is -2.53. The van der Waals surface area contributed by atoms with Gasteiger partial charge in [0.15, 0.2) is 5.78 Å². The summed E-state index contributed by atoms with van der Waals surface area (Å²) in [5, 5.41) is 9.11. The van der Waals surface area contributed by atoms with Crippen molar-refractivity contribution in [1.29, 1.82) is 0 Å². The van der Waals surface area contributed by atoms with E-state index in [-0.39, 0.29) is 23.8 Å². The van der Waals surface area contributed by atoms with Gasteiger partial charge in [-0.3, -0.25) is 4.79 Å². The van der Waals surface area contributed by atoms with Gasteiger partial charge in [0.05, 0.1) is 11.0 Å². The Balaban J connectivity index is 2.33. The molecule has 0 bridgehead atoms. The summed E-state index contributed by atoms with van der Waals surface area (Å²) in [4.78, 5) is 11.3. The summed E-state index contributed by atoms with van der Waals surface area (Å²) in [5.41, 5.74) is 0.368. The molecule has 1 heterocycles. The lowest BCUT2D eigenvalue weighted by Gasteiger charge is -2.34. The van der Waals surface area contributed by atoms with E-state index in [1.807, 2.05) is 0 Å². The zero-order chi connectivity index (χ0) is 12.6. The Bertz CT molecular complexity index is 546. The van der Waals surface area contributed by atoms with Gasteiger partial charge in [0.25, 0.3) is 0 Å². The number of carbonyl (C=O) groups is 1. The van der Waals surface area contributed by atoms with Gasteiger partial charge in [-0.05, 0) is 19.1 Å². The molecule has 2 rings (SSSR count). The van der Waals surface area contributed by atoms with Crippen molar-refractivity contribution < 1.29 is 18.3 Å². The standard InChI is InChI=1S/C11H13NO4S/c1-8(13)9-3-2-4-11(5-9)17(15,16)12-6-10(14)7-12/h2-5,10,14H,6-7H2,1H3. The second-order valence-corrected chi connectivity index (χ2v) is 6.00. The molecule has 17 heavy (non-hydrogen) atoms. The van der Waals surface area contributed by atoms with Crippen LogP contribution in [0.15, 0.2) is 29.2 Å². The maximum absolute atomic E-state index is 12.0. The first-order valence-corrected chi connectivity index (χ1v) is 6.64. The van der Waals surface area contributed by atoms with Gasteiger partial charge in [-0.25, -0.2) is 8.42 Å². The summed E-state index contributed by atoms with van der Waals surface area (Å²) in [6.07, 6.45) is -0.583. The van der Waals surface area contributed by atoms with Crippen molar-refractivity contribution in [2.75, 3.05) is 13.1 Å². The van der Waals surface area contributed by atoms with E-state index in [2.05, 4.69) is 0 Å². The third-order valence-corrected chi connectivity index (χ3v) is 4.53. The smallest absolute Gasteiger partial charge is 0.243 e. The van der Waals surface area contributed by atoms with Crippen LogP contribution in [0, 0.1) is 0 Å². The Kier molecular flexibility index (Phi) is 3.03. The monoisotopic (exact) mass is 255 g/mol. The molecule has 1 aromatic rings. The number of aliphatic hydroxyl groups is 1. The number of rotatable bonds is 3. The van der Waals surface area contributed by atoms with Crippen LogP contribution < -0.4 is 0 Å². The molecular weight excluding hydrogens is 242 g/mol. The van der Waals surface area contributed by atoms with E-state index in [1.165, 1.54) is 23.4 Å². The number of benzene rings is 1. The molecule has 0 atom stereocenters. The first-order chi connectivity index (χ1) is 7.91. The number of hydrogen-bond acceptors (Lipinski definition) is 4. The molecule has 1 aliphatic heterocycles. The van der Waals surface area contributed by atoms with Crippen LogP contribution in [0.1, 0.15) is 17.3 Å². The van der Waals surface area contributed by atoms with Crippen molar-refractivity contribution in [1.82, 2.24) is 4.31 Å². The summed E-state index contributed by atoms with van der Waals surface area (Å²) >= 11 is 0. The topological polar surface area (TPSA) is 74.7 Å². The molecule has 0 aromatic heterocycles. The number of Topliss-reactive ketones (excluding diaryl/α,β-unsaturated/α-hetero) is 1. The average molecular weight is 255 g/mol. The maximum Gasteiger partial charge on any atom is 0.243 e. The van der Waals surface area contributed by atoms with Crippen LogP contribution in [0.5, 0.6) is 0 Å². The van der Waals surface area contributed by atoms with Crippen molar-refractivity contribution in [3.05, 3.63) is 29.8 Å². The molecule has 0 aliphatic carbocycles. The summed E-state index contributed by atoms with van der Waals surface area (Å²) in [5.74, 6) is -0.175. The number of β-amino-alcohol motifs (C(OH)–C–C–N with tert-alkyl or cyclic N) is 1. The van der Waals surface area contributed by atoms with E-state index >= 15 is 0 Å². The Labute approximate surface area is 99.7 Å². The SMILES string of the molecule is CC(=O)c1cccc(S(=O)(=O)N2CC(O)C2)c1. The molecule has 0 amide bonds. The summed E-state index contributed by atoms with van der Waals surface area (Å²) in [6.45, 7) is 1.62. The van der Waals surface area contributed by atoms with Crippen LogP contribution >= 0.6 is 0 Å². The molecule has 1 aromatic carbocycles. The highest BCUT2D eigenvalue weighted by Gasteiger charge is 2.35. The normalized spacial score (nSPS) is 17.8. The van der Waals surface area contributed by atoms with Gasteiger partial charge >= 0.3 is 0 Å². The first kappa shape index (κ1) is 12.2. The lowest BCUT2D eigenvalue weighted by atomic mass is 10.2. The molecule has 0 saturated carbocycles. The van der Waals surface area contributed by atoms with Crippen molar-refractivity contribution in [2.45, 2.75) is 17.9 Å². The largest absolute Gasteiger partial charge is 0.390 e. The molecule has 1 fully saturated rings. The number of nitrogens with zero attached hydrogens (tertiary/aromatic N) is 1. The third-order valence-electron chi connectivity index (χ3n) is 2.71. The van der Waals surface area contributed by atoms with Crippen LogP contribution in [0.4, 0.5) is 0 Å². The molecule has 92 valence electrons. The first-order valence-electron chi connectivity index (χ1n) is 5.20. The van der Waals surface area contributed by atoms with Crippen LogP contribution in [0.2, 0.25) is 0 Å². The average Bonchev–Trinajstić information content (AvgIpc) is 2.25. The molecule has 1 saturated heterocycles. The predicted molar refractivity (Wildman–Crippen MR) is 61.2 cm³/mol. The van der Waals surface area contributed by atoms with Crippen LogP contribution in [0.3, 0.4) is 0 Å². The second-order valence-electron chi connectivity index (χ2n) is 4.06. The Morgan fingerprint density at radius 2 is 2.06 bits per heavy atom. The predicted octanol–water partition coefficient (Wildman–Crippen LogP) is 0.254. The highest BCUT2D eigenvalue weighted by molar-refractivity contribution is 7.89. The summed E-state index contributed by atoms with van der Waals surface area (Å²) in [7, 11) is -3.57. The summed E-state index contributed by atoms with van der Waals surface area (Å²) in [6, 6.07) is 5.93. The number of sulfonamides is 1. The third kappa shape index (κ3) is 2.24. The lowest BCUT2D eigenvalue weighted by molar-refractivity contribution is 0.0548. The fourth-order valence-corrected chi connectivity index (χ4v) is 3.20. The van der Waals surface area contributed by atoms with Gasteiger partial charge in [0.2, 0.25) is 10.0 Å². The van der Waals surface area contributed by atoms with Gasteiger partial charge < -0.3 is 5.11 Å². The zero-order valence-corrected chi connectivity index (χ0v) is 10.1. The molecule has 5 nitrogen and oxygen atoms in total. The quantitative estimate of drug-likeness (QED) is 0.786. The molecular formula is C11H13NO4S. The Morgan fingerprint density at radius 3 is 2.59 bits per heavy atom.